The topological polar surface area (TPSA) is 26.2 Å². The Morgan fingerprint density at radius 1 is 1.10 bits per heavy atom. The molecule has 0 unspecified atom stereocenters. The maximum atomic E-state index is 5.67. The lowest BCUT2D eigenvalue weighted by Gasteiger charge is -2.08. The largest absolute Gasteiger partial charge is 0.380 e. The van der Waals surface area contributed by atoms with E-state index in [1.807, 2.05) is 0 Å². The summed E-state index contributed by atoms with van der Waals surface area (Å²) in [5.74, 6) is 0. The molecule has 0 spiro atoms. The Labute approximate surface area is 128 Å². The molecule has 1 N–H and O–H groups in total. The molecule has 3 heteroatoms. The van der Waals surface area contributed by atoms with Crippen LogP contribution in [0.4, 0.5) is 0 Å². The van der Waals surface area contributed by atoms with Crippen molar-refractivity contribution in [2.75, 3.05) is 19.8 Å². The van der Waals surface area contributed by atoms with Gasteiger partial charge in [-0.3, -0.25) is 0 Å². The Balaban J connectivity index is 1.97. The van der Waals surface area contributed by atoms with Crippen LogP contribution in [0.3, 0.4) is 0 Å². The number of unbranched alkanes of at least 4 members (excludes halogenated alkanes) is 1. The molecule has 0 saturated carbocycles. The Morgan fingerprint density at radius 2 is 2.00 bits per heavy atom. The minimum absolute atomic E-state index is 0.794. The van der Waals surface area contributed by atoms with Gasteiger partial charge in [-0.2, -0.15) is 0 Å². The minimum Gasteiger partial charge on any atom is -0.380 e. The lowest BCUT2D eigenvalue weighted by Crippen LogP contribution is -2.13. The van der Waals surface area contributed by atoms with Crippen LogP contribution in [0.5, 0.6) is 0 Å². The molecular weight excluding hydrogens is 260 g/mol. The molecule has 0 amide bonds. The van der Waals surface area contributed by atoms with Gasteiger partial charge in [0.05, 0.1) is 6.61 Å². The van der Waals surface area contributed by atoms with Crippen LogP contribution in [-0.2, 0) is 17.8 Å². The van der Waals surface area contributed by atoms with Crippen LogP contribution >= 0.6 is 0 Å². The number of ether oxygens (including phenoxy) is 1. The molecule has 0 aliphatic carbocycles. The number of rotatable bonds is 10. The lowest BCUT2D eigenvalue weighted by molar-refractivity contribution is 0.124. The van der Waals surface area contributed by atoms with Crippen molar-refractivity contribution in [3.8, 4) is 0 Å². The first-order valence-corrected chi connectivity index (χ1v) is 8.22. The van der Waals surface area contributed by atoms with E-state index in [2.05, 4.69) is 54.2 Å². The molecule has 0 aliphatic rings. The Hall–Kier alpha value is -1.32. The fraction of sp³-hybridized carbons (Fsp3) is 0.556. The summed E-state index contributed by atoms with van der Waals surface area (Å²) in [7, 11) is 0. The number of nitrogens with one attached hydrogen (secondary N) is 1. The summed E-state index contributed by atoms with van der Waals surface area (Å²) in [6.07, 6.45) is 5.70. The van der Waals surface area contributed by atoms with E-state index in [1.165, 1.54) is 29.3 Å². The van der Waals surface area contributed by atoms with E-state index in [1.54, 1.807) is 0 Å². The van der Waals surface area contributed by atoms with Gasteiger partial charge in [-0.05, 0) is 37.1 Å². The second kappa shape index (κ2) is 8.85. The molecule has 1 aromatic heterocycles. The monoisotopic (exact) mass is 288 g/mol. The summed E-state index contributed by atoms with van der Waals surface area (Å²) in [6, 6.07) is 8.79. The summed E-state index contributed by atoms with van der Waals surface area (Å²) in [5.41, 5.74) is 2.69. The summed E-state index contributed by atoms with van der Waals surface area (Å²) < 4.78 is 7.97. The molecule has 0 fully saturated rings. The van der Waals surface area contributed by atoms with Crippen molar-refractivity contribution in [3.63, 3.8) is 0 Å². The Bertz CT molecular complexity index is 533. The molecule has 1 aromatic carbocycles. The van der Waals surface area contributed by atoms with Crippen LogP contribution in [0.25, 0.3) is 10.9 Å². The smallest absolute Gasteiger partial charge is 0.0645 e. The quantitative estimate of drug-likeness (QED) is 0.670. The van der Waals surface area contributed by atoms with Crippen LogP contribution in [-0.4, -0.2) is 24.3 Å². The van der Waals surface area contributed by atoms with Crippen molar-refractivity contribution in [3.05, 3.63) is 36.0 Å². The first kappa shape index (κ1) is 16.1. The normalized spacial score (nSPS) is 11.3. The summed E-state index contributed by atoms with van der Waals surface area (Å²) in [4.78, 5) is 0. The van der Waals surface area contributed by atoms with Gasteiger partial charge in [0.2, 0.25) is 0 Å². The third-order valence-corrected chi connectivity index (χ3v) is 3.76. The Morgan fingerprint density at radius 3 is 2.81 bits per heavy atom. The molecule has 0 bridgehead atoms. The third-order valence-electron chi connectivity index (χ3n) is 3.76. The van der Waals surface area contributed by atoms with Crippen molar-refractivity contribution in [1.82, 2.24) is 9.88 Å². The number of benzene rings is 1. The van der Waals surface area contributed by atoms with Gasteiger partial charge in [-0.1, -0.05) is 32.4 Å². The van der Waals surface area contributed by atoms with Gasteiger partial charge in [0.1, 0.15) is 0 Å². The van der Waals surface area contributed by atoms with Crippen LogP contribution in [0, 0.1) is 0 Å². The van der Waals surface area contributed by atoms with Crippen LogP contribution in [0.15, 0.2) is 30.5 Å². The average molecular weight is 288 g/mol. The first-order chi connectivity index (χ1) is 10.4. The second-order valence-electron chi connectivity index (χ2n) is 5.50. The van der Waals surface area contributed by atoms with Gasteiger partial charge in [0.15, 0.2) is 0 Å². The number of hydrogen-bond acceptors (Lipinski definition) is 2. The van der Waals surface area contributed by atoms with Crippen LogP contribution in [0.2, 0.25) is 0 Å². The maximum absolute atomic E-state index is 5.67. The van der Waals surface area contributed by atoms with Crippen molar-refractivity contribution in [1.29, 1.82) is 0 Å². The van der Waals surface area contributed by atoms with Crippen LogP contribution < -0.4 is 5.32 Å². The zero-order valence-corrected chi connectivity index (χ0v) is 13.4. The fourth-order valence-corrected chi connectivity index (χ4v) is 2.55. The standard InChI is InChI=1S/C18H28N2O/c1-3-5-13-21-14-12-20-11-9-17-16(15-19-10-4-2)7-6-8-18(17)20/h6-9,11,19H,3-5,10,12-15H2,1-2H3. The molecule has 0 atom stereocenters. The van der Waals surface area contributed by atoms with E-state index >= 15 is 0 Å². The SMILES string of the molecule is CCCCOCCn1ccc2c(CNCCC)cccc21. The number of nitrogens with zero attached hydrogens (tertiary/aromatic N) is 1. The zero-order valence-electron chi connectivity index (χ0n) is 13.4. The van der Waals surface area contributed by atoms with E-state index in [4.69, 9.17) is 4.74 Å². The molecule has 0 radical (unpaired) electrons. The molecule has 2 aromatic rings. The number of aromatic nitrogens is 1. The highest BCUT2D eigenvalue weighted by Crippen LogP contribution is 2.20. The van der Waals surface area contributed by atoms with Crippen molar-refractivity contribution in [2.45, 2.75) is 46.2 Å². The van der Waals surface area contributed by atoms with Gasteiger partial charge in [-0.25, -0.2) is 0 Å². The molecule has 21 heavy (non-hydrogen) atoms. The van der Waals surface area contributed by atoms with Crippen molar-refractivity contribution < 1.29 is 4.74 Å². The molecule has 2 rings (SSSR count). The van der Waals surface area contributed by atoms with E-state index in [9.17, 15) is 0 Å². The highest BCUT2D eigenvalue weighted by Gasteiger charge is 2.05. The van der Waals surface area contributed by atoms with Gasteiger partial charge in [0.25, 0.3) is 0 Å². The van der Waals surface area contributed by atoms with Gasteiger partial charge >= 0.3 is 0 Å². The third kappa shape index (κ3) is 4.58. The van der Waals surface area contributed by atoms with E-state index < -0.39 is 0 Å². The molecule has 116 valence electrons. The molecular formula is C18H28N2O. The average Bonchev–Trinajstić information content (AvgIpc) is 2.91. The Kier molecular flexibility index (Phi) is 6.77. The molecule has 1 heterocycles. The fourth-order valence-electron chi connectivity index (χ4n) is 2.55. The van der Waals surface area contributed by atoms with Gasteiger partial charge in [-0.15, -0.1) is 0 Å². The van der Waals surface area contributed by atoms with E-state index in [0.717, 1.165) is 39.3 Å². The predicted molar refractivity (Wildman–Crippen MR) is 89.7 cm³/mol. The maximum Gasteiger partial charge on any atom is 0.0645 e. The highest BCUT2D eigenvalue weighted by molar-refractivity contribution is 5.83. The first-order valence-electron chi connectivity index (χ1n) is 8.22. The second-order valence-corrected chi connectivity index (χ2v) is 5.50. The summed E-state index contributed by atoms with van der Waals surface area (Å²) >= 11 is 0. The van der Waals surface area contributed by atoms with E-state index in [-0.39, 0.29) is 0 Å². The summed E-state index contributed by atoms with van der Waals surface area (Å²) in [5, 5.41) is 4.84. The lowest BCUT2D eigenvalue weighted by atomic mass is 10.1. The number of fused-ring (bicyclic) bond motifs is 1. The highest BCUT2D eigenvalue weighted by atomic mass is 16.5. The molecule has 0 aliphatic heterocycles. The van der Waals surface area contributed by atoms with Gasteiger partial charge in [0, 0.05) is 36.8 Å². The molecule has 0 saturated heterocycles. The predicted octanol–water partition coefficient (Wildman–Crippen LogP) is 3.96. The zero-order chi connectivity index (χ0) is 14.9. The summed E-state index contributed by atoms with van der Waals surface area (Å²) in [6.45, 7) is 9.01. The number of hydrogen-bond donors (Lipinski definition) is 1. The van der Waals surface area contributed by atoms with Gasteiger partial charge < -0.3 is 14.6 Å². The van der Waals surface area contributed by atoms with Crippen LogP contribution in [0.1, 0.15) is 38.7 Å². The minimum atomic E-state index is 0.794. The molecule has 3 nitrogen and oxygen atoms in total. The van der Waals surface area contributed by atoms with E-state index in [0.29, 0.717) is 0 Å². The van der Waals surface area contributed by atoms with Crippen molar-refractivity contribution >= 4 is 10.9 Å². The van der Waals surface area contributed by atoms with Crippen molar-refractivity contribution in [2.24, 2.45) is 0 Å².